The predicted octanol–water partition coefficient (Wildman–Crippen LogP) is 3.18. The van der Waals surface area contributed by atoms with Crippen LogP contribution in [0, 0.1) is 11.8 Å². The van der Waals surface area contributed by atoms with E-state index >= 15 is 0 Å². The van der Waals surface area contributed by atoms with Crippen molar-refractivity contribution in [1.29, 1.82) is 0 Å². The van der Waals surface area contributed by atoms with E-state index in [0.717, 1.165) is 0 Å². The first-order chi connectivity index (χ1) is 10.4. The topological polar surface area (TPSA) is 61.8 Å². The Morgan fingerprint density at radius 3 is 2.43 bits per heavy atom. The van der Waals surface area contributed by atoms with Gasteiger partial charge in [0.2, 0.25) is 0 Å². The summed E-state index contributed by atoms with van der Waals surface area (Å²) < 4.78 is 16.9. The van der Waals surface area contributed by atoms with Crippen molar-refractivity contribution in [2.45, 2.75) is 71.4 Å². The molecule has 1 saturated heterocycles. The second kappa shape index (κ2) is 7.45. The van der Waals surface area contributed by atoms with Crippen molar-refractivity contribution < 1.29 is 23.5 Å². The van der Waals surface area contributed by atoms with Gasteiger partial charge in [-0.05, 0) is 31.0 Å². The van der Waals surface area contributed by atoms with Gasteiger partial charge >= 0.3 is 5.97 Å². The predicted molar refractivity (Wildman–Crippen MR) is 91.8 cm³/mol. The molecule has 134 valence electrons. The van der Waals surface area contributed by atoms with Crippen LogP contribution in [-0.4, -0.2) is 46.0 Å². The molecule has 23 heavy (non-hydrogen) atoms. The van der Waals surface area contributed by atoms with Crippen molar-refractivity contribution in [1.82, 2.24) is 0 Å². The van der Waals surface area contributed by atoms with Crippen LogP contribution in [0.1, 0.15) is 41.0 Å². The van der Waals surface area contributed by atoms with Crippen molar-refractivity contribution in [3.8, 4) is 0 Å². The van der Waals surface area contributed by atoms with Crippen LogP contribution in [0.3, 0.4) is 0 Å². The van der Waals surface area contributed by atoms with Crippen LogP contribution in [0.15, 0.2) is 0 Å². The quantitative estimate of drug-likeness (QED) is 0.566. The molecule has 1 fully saturated rings. The highest BCUT2D eigenvalue weighted by molar-refractivity contribution is 6.74. The van der Waals surface area contributed by atoms with Gasteiger partial charge in [-0.25, -0.2) is 0 Å². The van der Waals surface area contributed by atoms with Crippen molar-refractivity contribution in [3.05, 3.63) is 0 Å². The highest BCUT2D eigenvalue weighted by Gasteiger charge is 2.42. The Kier molecular flexibility index (Phi) is 6.58. The lowest BCUT2D eigenvalue weighted by molar-refractivity contribution is -0.170. The molecule has 0 N–H and O–H groups in total. The van der Waals surface area contributed by atoms with Crippen LogP contribution in [-0.2, 0) is 23.5 Å². The van der Waals surface area contributed by atoms with Crippen LogP contribution in [0.4, 0.5) is 0 Å². The summed E-state index contributed by atoms with van der Waals surface area (Å²) in [5, 5.41) is 0.0801. The van der Waals surface area contributed by atoms with Crippen LogP contribution in [0.25, 0.3) is 0 Å². The molecule has 1 aliphatic heterocycles. The molecule has 0 aromatic heterocycles. The number of Topliss-reactive ketones (excluding diaryl/α,β-unsaturated/α-hetero) is 1. The summed E-state index contributed by atoms with van der Waals surface area (Å²) in [6.45, 7) is 14.8. The number of carbonyl (C=O) groups is 2. The zero-order chi connectivity index (χ0) is 18.0. The Labute approximate surface area is 141 Å². The lowest BCUT2D eigenvalue weighted by atomic mass is 9.86. The minimum Gasteiger partial charge on any atom is -0.469 e. The normalized spacial score (nSPS) is 27.7. The average Bonchev–Trinajstić information content (AvgIpc) is 2.43. The summed E-state index contributed by atoms with van der Waals surface area (Å²) in [4.78, 5) is 24.1. The third-order valence-electron chi connectivity index (χ3n) is 5.23. The molecular weight excluding hydrogens is 312 g/mol. The van der Waals surface area contributed by atoms with Gasteiger partial charge in [-0.1, -0.05) is 27.7 Å². The van der Waals surface area contributed by atoms with E-state index in [9.17, 15) is 9.59 Å². The minimum absolute atomic E-state index is 0.000668. The highest BCUT2D eigenvalue weighted by Crippen LogP contribution is 2.37. The Morgan fingerprint density at radius 1 is 1.39 bits per heavy atom. The largest absolute Gasteiger partial charge is 0.469 e. The minimum atomic E-state index is -1.94. The van der Waals surface area contributed by atoms with Crippen molar-refractivity contribution in [3.63, 3.8) is 0 Å². The zero-order valence-electron chi connectivity index (χ0n) is 15.8. The monoisotopic (exact) mass is 344 g/mol. The first-order valence-electron chi connectivity index (χ1n) is 8.30. The standard InChI is InChI=1S/C17H32O5Si/c1-11-9-13(18)14(10-21-23(7,8)17(3,4)5)22-15(11)12(2)16(19)20-6/h11-12,14-15H,9-10H2,1-8H3/t11-,12-,14-,15+/m1/s1. The van der Waals surface area contributed by atoms with Crippen LogP contribution >= 0.6 is 0 Å². The first kappa shape index (κ1) is 20.3. The van der Waals surface area contributed by atoms with Gasteiger partial charge in [0, 0.05) is 6.42 Å². The lowest BCUT2D eigenvalue weighted by Crippen LogP contribution is -2.50. The molecule has 4 atom stereocenters. The van der Waals surface area contributed by atoms with Crippen LogP contribution in [0.2, 0.25) is 18.1 Å². The Morgan fingerprint density at radius 2 is 1.96 bits per heavy atom. The molecule has 6 heteroatoms. The number of methoxy groups -OCH3 is 1. The van der Waals surface area contributed by atoms with Gasteiger partial charge in [0.15, 0.2) is 14.1 Å². The molecule has 0 bridgehead atoms. The summed E-state index contributed by atoms with van der Waals surface area (Å²) in [7, 11) is -0.567. The first-order valence-corrected chi connectivity index (χ1v) is 11.2. The fourth-order valence-corrected chi connectivity index (χ4v) is 3.53. The molecule has 0 spiro atoms. The molecule has 0 amide bonds. The Balaban J connectivity index is 2.76. The van der Waals surface area contributed by atoms with E-state index < -0.39 is 20.3 Å². The molecule has 1 rings (SSSR count). The van der Waals surface area contributed by atoms with Crippen molar-refractivity contribution >= 4 is 20.1 Å². The molecule has 0 aromatic rings. The number of carbonyl (C=O) groups excluding carboxylic acids is 2. The fraction of sp³-hybridized carbons (Fsp3) is 0.882. The van der Waals surface area contributed by atoms with Gasteiger partial charge < -0.3 is 13.9 Å². The summed E-state index contributed by atoms with van der Waals surface area (Å²) in [5.74, 6) is -0.635. The second-order valence-corrected chi connectivity index (χ2v) is 12.9. The third-order valence-corrected chi connectivity index (χ3v) is 9.73. The summed E-state index contributed by atoms with van der Waals surface area (Å²) in [6.07, 6.45) is -0.483. The SMILES string of the molecule is COC(=O)[C@H](C)[C@H]1O[C@H](CO[Si](C)(C)C(C)(C)C)C(=O)C[C@H]1C. The Bertz CT molecular complexity index is 441. The zero-order valence-corrected chi connectivity index (χ0v) is 16.8. The molecule has 1 heterocycles. The molecule has 0 unspecified atom stereocenters. The molecular formula is C17H32O5Si. The van der Waals surface area contributed by atoms with Gasteiger partial charge in [-0.2, -0.15) is 0 Å². The second-order valence-electron chi connectivity index (χ2n) is 8.12. The van der Waals surface area contributed by atoms with Gasteiger partial charge in [0.25, 0.3) is 0 Å². The highest BCUT2D eigenvalue weighted by atomic mass is 28.4. The van der Waals surface area contributed by atoms with Crippen LogP contribution < -0.4 is 0 Å². The number of hydrogen-bond acceptors (Lipinski definition) is 5. The van der Waals surface area contributed by atoms with Crippen LogP contribution in [0.5, 0.6) is 0 Å². The van der Waals surface area contributed by atoms with E-state index in [1.165, 1.54) is 7.11 Å². The fourth-order valence-electron chi connectivity index (χ4n) is 2.53. The summed E-state index contributed by atoms with van der Waals surface area (Å²) in [5.41, 5.74) is 0. The van der Waals surface area contributed by atoms with E-state index in [-0.39, 0.29) is 35.4 Å². The maximum atomic E-state index is 12.3. The molecule has 0 aliphatic carbocycles. The molecule has 0 saturated carbocycles. The lowest BCUT2D eigenvalue weighted by Gasteiger charge is -2.40. The maximum absolute atomic E-state index is 12.3. The molecule has 0 aromatic carbocycles. The number of rotatable bonds is 5. The van der Waals surface area contributed by atoms with Gasteiger partial charge in [0.05, 0.1) is 25.7 Å². The number of esters is 1. The van der Waals surface area contributed by atoms with Crippen molar-refractivity contribution in [2.75, 3.05) is 13.7 Å². The molecule has 1 aliphatic rings. The number of ether oxygens (including phenoxy) is 2. The maximum Gasteiger partial charge on any atom is 0.311 e. The number of ketones is 1. The molecule has 5 nitrogen and oxygen atoms in total. The molecule has 0 radical (unpaired) electrons. The average molecular weight is 345 g/mol. The van der Waals surface area contributed by atoms with E-state index in [0.29, 0.717) is 6.42 Å². The van der Waals surface area contributed by atoms with E-state index in [4.69, 9.17) is 13.9 Å². The van der Waals surface area contributed by atoms with E-state index in [1.807, 2.05) is 6.92 Å². The third kappa shape index (κ3) is 4.87. The summed E-state index contributed by atoms with van der Waals surface area (Å²) >= 11 is 0. The van der Waals surface area contributed by atoms with Gasteiger partial charge in [-0.15, -0.1) is 0 Å². The van der Waals surface area contributed by atoms with Gasteiger partial charge in [-0.3, -0.25) is 9.59 Å². The van der Waals surface area contributed by atoms with Crippen molar-refractivity contribution in [2.24, 2.45) is 11.8 Å². The summed E-state index contributed by atoms with van der Waals surface area (Å²) in [6, 6.07) is 0. The van der Waals surface area contributed by atoms with Gasteiger partial charge in [0.1, 0.15) is 6.10 Å². The Hall–Kier alpha value is -0.723. The van der Waals surface area contributed by atoms with E-state index in [2.05, 4.69) is 33.9 Å². The number of hydrogen-bond donors (Lipinski definition) is 0. The van der Waals surface area contributed by atoms with E-state index in [1.54, 1.807) is 6.92 Å². The smallest absolute Gasteiger partial charge is 0.311 e.